The van der Waals surface area contributed by atoms with Crippen LogP contribution in [0, 0.1) is 0 Å². The van der Waals surface area contributed by atoms with E-state index in [-0.39, 0.29) is 0 Å². The average Bonchev–Trinajstić information content (AvgIpc) is 2.52. The van der Waals surface area contributed by atoms with E-state index >= 15 is 0 Å². The number of rotatable bonds is 2. The molecule has 1 heterocycles. The first kappa shape index (κ1) is 12.4. The Hall–Kier alpha value is -2.62. The van der Waals surface area contributed by atoms with Crippen LogP contribution < -0.4 is 4.74 Å². The smallest absolute Gasteiger partial charge is 0.379 e. The third-order valence-electron chi connectivity index (χ3n) is 3.36. The van der Waals surface area contributed by atoms with Gasteiger partial charge in [-0.3, -0.25) is 4.79 Å². The highest BCUT2D eigenvalue weighted by molar-refractivity contribution is 6.40. The maximum absolute atomic E-state index is 11.9. The van der Waals surface area contributed by atoms with Crippen molar-refractivity contribution in [3.8, 4) is 5.75 Å². The van der Waals surface area contributed by atoms with Crippen molar-refractivity contribution in [2.75, 3.05) is 7.11 Å². The third kappa shape index (κ3) is 1.95. The van der Waals surface area contributed by atoms with Gasteiger partial charge < -0.3 is 9.47 Å². The van der Waals surface area contributed by atoms with E-state index in [0.29, 0.717) is 17.7 Å². The largest absolute Gasteiger partial charge is 0.464 e. The number of benzene rings is 2. The molecule has 0 amide bonds. The number of hydrogen-bond donors (Lipinski definition) is 0. The van der Waals surface area contributed by atoms with Crippen molar-refractivity contribution in [2.24, 2.45) is 0 Å². The second-order valence-electron chi connectivity index (χ2n) is 4.52. The Labute approximate surface area is 115 Å². The van der Waals surface area contributed by atoms with Crippen LogP contribution in [0.15, 0.2) is 48.2 Å². The van der Waals surface area contributed by atoms with E-state index in [4.69, 9.17) is 4.74 Å². The summed E-state index contributed by atoms with van der Waals surface area (Å²) >= 11 is 0. The van der Waals surface area contributed by atoms with Gasteiger partial charge in [-0.25, -0.2) is 4.79 Å². The number of ketones is 1. The molecule has 0 fully saturated rings. The minimum atomic E-state index is -0.872. The molecule has 0 N–H and O–H groups in total. The van der Waals surface area contributed by atoms with E-state index in [0.717, 1.165) is 16.3 Å². The van der Waals surface area contributed by atoms with Crippen molar-refractivity contribution in [1.29, 1.82) is 0 Å². The van der Waals surface area contributed by atoms with Crippen molar-refractivity contribution in [2.45, 2.75) is 6.42 Å². The second-order valence-corrected chi connectivity index (χ2v) is 4.52. The van der Waals surface area contributed by atoms with Crippen molar-refractivity contribution < 1.29 is 19.1 Å². The molecule has 0 spiro atoms. The molecule has 0 bridgehead atoms. The van der Waals surface area contributed by atoms with Crippen molar-refractivity contribution in [3.63, 3.8) is 0 Å². The van der Waals surface area contributed by atoms with E-state index in [1.54, 1.807) is 0 Å². The van der Waals surface area contributed by atoms with Gasteiger partial charge in [-0.2, -0.15) is 0 Å². The summed E-state index contributed by atoms with van der Waals surface area (Å²) in [5, 5.41) is 2.09. The molecule has 3 rings (SSSR count). The first-order valence-corrected chi connectivity index (χ1v) is 6.19. The van der Waals surface area contributed by atoms with Gasteiger partial charge in [-0.15, -0.1) is 0 Å². The summed E-state index contributed by atoms with van der Waals surface area (Å²) in [5.74, 6) is -0.820. The molecule has 0 saturated carbocycles. The summed E-state index contributed by atoms with van der Waals surface area (Å²) < 4.78 is 9.93. The van der Waals surface area contributed by atoms with Crippen molar-refractivity contribution in [3.05, 3.63) is 53.8 Å². The Balaban J connectivity index is 2.03. The Kier molecular flexibility index (Phi) is 2.99. The quantitative estimate of drug-likeness (QED) is 0.620. The highest BCUT2D eigenvalue weighted by Gasteiger charge is 2.25. The van der Waals surface area contributed by atoms with Crippen LogP contribution in [0.25, 0.3) is 10.8 Å². The molecule has 0 aromatic heterocycles. The summed E-state index contributed by atoms with van der Waals surface area (Å²) in [6.07, 6.45) is 1.70. The normalized spacial score (nSPS) is 13.2. The third-order valence-corrected chi connectivity index (χ3v) is 3.36. The van der Waals surface area contributed by atoms with Crippen LogP contribution in [0.5, 0.6) is 5.75 Å². The van der Waals surface area contributed by atoms with Gasteiger partial charge in [0, 0.05) is 17.6 Å². The monoisotopic (exact) mass is 268 g/mol. The van der Waals surface area contributed by atoms with Crippen molar-refractivity contribution in [1.82, 2.24) is 0 Å². The minimum Gasteiger partial charge on any atom is -0.464 e. The van der Waals surface area contributed by atoms with Crippen LogP contribution in [-0.2, 0) is 20.7 Å². The summed E-state index contributed by atoms with van der Waals surface area (Å²) in [6, 6.07) is 11.7. The van der Waals surface area contributed by atoms with E-state index in [1.165, 1.54) is 13.4 Å². The van der Waals surface area contributed by atoms with Crippen LogP contribution in [0.4, 0.5) is 0 Å². The molecule has 2 aromatic rings. The van der Waals surface area contributed by atoms with Gasteiger partial charge in [0.25, 0.3) is 5.78 Å². The Morgan fingerprint density at radius 3 is 2.75 bits per heavy atom. The summed E-state index contributed by atoms with van der Waals surface area (Å²) in [6.45, 7) is 0. The fourth-order valence-corrected chi connectivity index (χ4v) is 2.33. The number of ether oxygens (including phenoxy) is 2. The highest BCUT2D eigenvalue weighted by Crippen LogP contribution is 2.33. The molecule has 0 saturated heterocycles. The predicted octanol–water partition coefficient (Wildman–Crippen LogP) is 2.40. The van der Waals surface area contributed by atoms with Crippen LogP contribution in [0.2, 0.25) is 0 Å². The molecular weight excluding hydrogens is 256 g/mol. The number of carbonyl (C=O) groups excluding carboxylic acids is 2. The Morgan fingerprint density at radius 2 is 1.95 bits per heavy atom. The van der Waals surface area contributed by atoms with Gasteiger partial charge in [0.05, 0.1) is 13.4 Å². The number of esters is 1. The lowest BCUT2D eigenvalue weighted by Crippen LogP contribution is -2.21. The number of fused-ring (bicyclic) bond motifs is 3. The molecular formula is C16H12O4. The molecule has 1 aliphatic rings. The van der Waals surface area contributed by atoms with Crippen LogP contribution in [0.1, 0.15) is 5.56 Å². The molecule has 100 valence electrons. The van der Waals surface area contributed by atoms with E-state index < -0.39 is 11.8 Å². The van der Waals surface area contributed by atoms with Gasteiger partial charge in [-0.05, 0) is 16.8 Å². The molecule has 20 heavy (non-hydrogen) atoms. The van der Waals surface area contributed by atoms with Gasteiger partial charge in [-0.1, -0.05) is 30.3 Å². The van der Waals surface area contributed by atoms with E-state index in [1.807, 2.05) is 36.4 Å². The molecule has 0 radical (unpaired) electrons. The first-order valence-electron chi connectivity index (χ1n) is 6.19. The second kappa shape index (κ2) is 4.81. The van der Waals surface area contributed by atoms with E-state index in [9.17, 15) is 9.59 Å². The maximum atomic E-state index is 11.9. The number of Topliss-reactive ketones (excluding diaryl/α,β-unsaturated/α-hetero) is 1. The molecule has 2 aromatic carbocycles. The van der Waals surface area contributed by atoms with Crippen LogP contribution >= 0.6 is 0 Å². The fourth-order valence-electron chi connectivity index (χ4n) is 2.33. The summed E-state index contributed by atoms with van der Waals surface area (Å²) in [5.41, 5.74) is 1.22. The molecule has 0 unspecified atom stereocenters. The minimum absolute atomic E-state index is 0.306. The van der Waals surface area contributed by atoms with Gasteiger partial charge in [0.1, 0.15) is 5.75 Å². The molecule has 4 nitrogen and oxygen atoms in total. The Morgan fingerprint density at radius 1 is 1.15 bits per heavy atom. The zero-order valence-electron chi connectivity index (χ0n) is 10.9. The van der Waals surface area contributed by atoms with Crippen molar-refractivity contribution >= 4 is 22.5 Å². The highest BCUT2D eigenvalue weighted by atomic mass is 16.5. The summed E-state index contributed by atoms with van der Waals surface area (Å²) in [4.78, 5) is 23.2. The topological polar surface area (TPSA) is 52.6 Å². The summed E-state index contributed by atoms with van der Waals surface area (Å²) in [7, 11) is 1.19. The van der Waals surface area contributed by atoms with Crippen LogP contribution in [-0.4, -0.2) is 18.9 Å². The average molecular weight is 268 g/mol. The Bertz CT molecular complexity index is 743. The lowest BCUT2D eigenvalue weighted by atomic mass is 9.95. The molecule has 0 aliphatic carbocycles. The zero-order valence-corrected chi connectivity index (χ0v) is 10.9. The van der Waals surface area contributed by atoms with E-state index in [2.05, 4.69) is 4.74 Å². The number of methoxy groups -OCH3 is 1. The maximum Gasteiger partial charge on any atom is 0.379 e. The van der Waals surface area contributed by atoms with Gasteiger partial charge >= 0.3 is 5.97 Å². The number of carbonyl (C=O) groups is 2. The molecule has 1 aliphatic heterocycles. The fraction of sp³-hybridized carbons (Fsp3) is 0.125. The molecule has 0 atom stereocenters. The number of hydrogen-bond acceptors (Lipinski definition) is 4. The van der Waals surface area contributed by atoms with Crippen LogP contribution in [0.3, 0.4) is 0 Å². The SMILES string of the molecule is COC(=O)C(=O)C1=COc2ccc3ccccc3c2C1. The lowest BCUT2D eigenvalue weighted by Gasteiger charge is -2.18. The predicted molar refractivity (Wildman–Crippen MR) is 73.4 cm³/mol. The standard InChI is InChI=1S/C16H12O4/c1-19-16(18)15(17)11-8-13-12-5-3-2-4-10(12)6-7-14(13)20-9-11/h2-7,9H,8H2,1H3. The molecule has 4 heteroatoms. The first-order chi connectivity index (χ1) is 9.70. The zero-order chi connectivity index (χ0) is 14.1. The van der Waals surface area contributed by atoms with Gasteiger partial charge in [0.2, 0.25) is 0 Å². The van der Waals surface area contributed by atoms with Gasteiger partial charge in [0.15, 0.2) is 0 Å². The lowest BCUT2D eigenvalue weighted by molar-refractivity contribution is -0.150.